The lowest BCUT2D eigenvalue weighted by Gasteiger charge is -2.14. The second kappa shape index (κ2) is 5.89. The van der Waals surface area contributed by atoms with Gasteiger partial charge in [0.15, 0.2) is 0 Å². The molecule has 0 amide bonds. The molecule has 1 N–H and O–H groups in total. The zero-order valence-corrected chi connectivity index (χ0v) is 14.4. The standard InChI is InChI=1S/C16H17BrN2OS/c1-9(2)7-12-14(17)16(21)19-15(18-12)11-8-20-13-6-4-3-5-10(11)13/h3-6,9,11H,7-8H2,1-2H3,(H,18,19,21). The van der Waals surface area contributed by atoms with Crippen LogP contribution in [-0.2, 0) is 6.42 Å². The Kier molecular flexibility index (Phi) is 4.13. The van der Waals surface area contributed by atoms with Crippen molar-refractivity contribution in [1.29, 1.82) is 0 Å². The Morgan fingerprint density at radius 1 is 1.43 bits per heavy atom. The summed E-state index contributed by atoms with van der Waals surface area (Å²) in [6.45, 7) is 5.00. The van der Waals surface area contributed by atoms with Gasteiger partial charge >= 0.3 is 0 Å². The molecule has 0 saturated carbocycles. The van der Waals surface area contributed by atoms with Gasteiger partial charge in [-0.15, -0.1) is 0 Å². The first-order valence-corrected chi connectivity index (χ1v) is 8.26. The van der Waals surface area contributed by atoms with Crippen LogP contribution in [0.3, 0.4) is 0 Å². The van der Waals surface area contributed by atoms with Gasteiger partial charge in [0.25, 0.3) is 0 Å². The summed E-state index contributed by atoms with van der Waals surface area (Å²) in [6, 6.07) is 8.11. The van der Waals surface area contributed by atoms with E-state index >= 15 is 0 Å². The lowest BCUT2D eigenvalue weighted by atomic mass is 10.00. The summed E-state index contributed by atoms with van der Waals surface area (Å²) in [4.78, 5) is 8.02. The van der Waals surface area contributed by atoms with Crippen molar-refractivity contribution in [2.75, 3.05) is 6.61 Å². The molecule has 5 heteroatoms. The average Bonchev–Trinajstić information content (AvgIpc) is 2.87. The Bertz CT molecular complexity index is 726. The van der Waals surface area contributed by atoms with Gasteiger partial charge in [-0.1, -0.05) is 44.3 Å². The molecule has 3 rings (SSSR count). The van der Waals surface area contributed by atoms with Gasteiger partial charge < -0.3 is 9.72 Å². The Morgan fingerprint density at radius 3 is 2.95 bits per heavy atom. The maximum atomic E-state index is 5.75. The third kappa shape index (κ3) is 2.90. The molecule has 1 atom stereocenters. The molecule has 3 nitrogen and oxygen atoms in total. The van der Waals surface area contributed by atoms with Crippen molar-refractivity contribution in [1.82, 2.24) is 9.97 Å². The van der Waals surface area contributed by atoms with Gasteiger partial charge in [0.1, 0.15) is 22.8 Å². The predicted molar refractivity (Wildman–Crippen MR) is 89.4 cm³/mol. The number of ether oxygens (including phenoxy) is 1. The number of nitrogens with zero attached hydrogens (tertiary/aromatic N) is 1. The number of benzene rings is 1. The van der Waals surface area contributed by atoms with E-state index < -0.39 is 0 Å². The summed E-state index contributed by atoms with van der Waals surface area (Å²) >= 11 is 8.95. The molecule has 110 valence electrons. The lowest BCUT2D eigenvalue weighted by Crippen LogP contribution is -2.11. The van der Waals surface area contributed by atoms with Gasteiger partial charge in [0.2, 0.25) is 0 Å². The highest BCUT2D eigenvalue weighted by Crippen LogP contribution is 2.37. The van der Waals surface area contributed by atoms with Crippen LogP contribution in [-0.4, -0.2) is 16.6 Å². The highest BCUT2D eigenvalue weighted by Gasteiger charge is 2.27. The second-order valence-corrected chi connectivity index (χ2v) is 6.90. The molecule has 2 heterocycles. The molecule has 0 fully saturated rings. The monoisotopic (exact) mass is 364 g/mol. The van der Waals surface area contributed by atoms with E-state index in [9.17, 15) is 0 Å². The van der Waals surface area contributed by atoms with Gasteiger partial charge in [0, 0.05) is 11.3 Å². The number of para-hydroxylation sites is 1. The summed E-state index contributed by atoms with van der Waals surface area (Å²) in [5, 5.41) is 0. The lowest BCUT2D eigenvalue weighted by molar-refractivity contribution is 0.339. The van der Waals surface area contributed by atoms with Crippen molar-refractivity contribution in [2.45, 2.75) is 26.2 Å². The number of nitrogens with one attached hydrogen (secondary N) is 1. The van der Waals surface area contributed by atoms with Crippen molar-refractivity contribution in [3.63, 3.8) is 0 Å². The minimum atomic E-state index is 0.127. The van der Waals surface area contributed by atoms with Gasteiger partial charge in [-0.3, -0.25) is 0 Å². The summed E-state index contributed by atoms with van der Waals surface area (Å²) in [5.74, 6) is 2.51. The normalized spacial score (nSPS) is 16.9. The molecule has 21 heavy (non-hydrogen) atoms. The van der Waals surface area contributed by atoms with Crippen LogP contribution in [0, 0.1) is 10.6 Å². The Labute approximate surface area is 137 Å². The number of rotatable bonds is 3. The van der Waals surface area contributed by atoms with Crippen LogP contribution in [0.1, 0.15) is 36.8 Å². The van der Waals surface area contributed by atoms with Gasteiger partial charge in [0.05, 0.1) is 10.4 Å². The number of aromatic nitrogens is 2. The maximum absolute atomic E-state index is 5.75. The van der Waals surface area contributed by atoms with E-state index in [-0.39, 0.29) is 5.92 Å². The van der Waals surface area contributed by atoms with Crippen molar-refractivity contribution in [3.05, 3.63) is 50.5 Å². The largest absolute Gasteiger partial charge is 0.492 e. The molecule has 0 saturated heterocycles. The minimum absolute atomic E-state index is 0.127. The fourth-order valence-electron chi connectivity index (χ4n) is 2.63. The first-order valence-electron chi connectivity index (χ1n) is 7.06. The number of aromatic amines is 1. The second-order valence-electron chi connectivity index (χ2n) is 5.72. The average molecular weight is 365 g/mol. The van der Waals surface area contributed by atoms with Crippen LogP contribution in [0.5, 0.6) is 5.75 Å². The first-order chi connectivity index (χ1) is 10.1. The first kappa shape index (κ1) is 14.7. The van der Waals surface area contributed by atoms with E-state index in [0.717, 1.165) is 28.2 Å². The molecule has 1 aromatic carbocycles. The third-order valence-corrected chi connectivity index (χ3v) is 5.01. The van der Waals surface area contributed by atoms with Gasteiger partial charge in [-0.05, 0) is 34.3 Å². The number of fused-ring (bicyclic) bond motifs is 1. The molecule has 1 unspecified atom stereocenters. The Morgan fingerprint density at radius 2 is 2.19 bits per heavy atom. The highest BCUT2D eigenvalue weighted by atomic mass is 79.9. The predicted octanol–water partition coefficient (Wildman–Crippen LogP) is 4.62. The van der Waals surface area contributed by atoms with E-state index in [4.69, 9.17) is 17.0 Å². The molecular formula is C16H17BrN2OS. The zero-order chi connectivity index (χ0) is 15.0. The van der Waals surface area contributed by atoms with Crippen LogP contribution >= 0.6 is 28.1 Å². The molecule has 0 radical (unpaired) electrons. The number of hydrogen-bond donors (Lipinski definition) is 1. The molecule has 0 spiro atoms. The van der Waals surface area contributed by atoms with E-state index in [1.807, 2.05) is 18.2 Å². The Hall–Kier alpha value is -1.20. The van der Waals surface area contributed by atoms with Gasteiger partial charge in [-0.2, -0.15) is 0 Å². The minimum Gasteiger partial charge on any atom is -0.492 e. The fraction of sp³-hybridized carbons (Fsp3) is 0.375. The van der Waals surface area contributed by atoms with Crippen LogP contribution in [0.25, 0.3) is 0 Å². The topological polar surface area (TPSA) is 37.9 Å². The SMILES string of the molecule is CC(C)Cc1[nH]c(C2COc3ccccc32)nc(=S)c1Br. The summed E-state index contributed by atoms with van der Waals surface area (Å²) < 4.78 is 7.27. The molecular weight excluding hydrogens is 348 g/mol. The number of hydrogen-bond acceptors (Lipinski definition) is 3. The fourth-order valence-corrected chi connectivity index (χ4v) is 3.20. The van der Waals surface area contributed by atoms with Crippen molar-refractivity contribution in [2.24, 2.45) is 5.92 Å². The van der Waals surface area contributed by atoms with Gasteiger partial charge in [-0.25, -0.2) is 4.98 Å². The summed E-state index contributed by atoms with van der Waals surface area (Å²) in [5.41, 5.74) is 2.29. The Balaban J connectivity index is 2.04. The summed E-state index contributed by atoms with van der Waals surface area (Å²) in [7, 11) is 0. The van der Waals surface area contributed by atoms with E-state index in [1.165, 1.54) is 5.56 Å². The molecule has 1 aliphatic rings. The molecule has 1 aromatic heterocycles. The highest BCUT2D eigenvalue weighted by molar-refractivity contribution is 9.10. The van der Waals surface area contributed by atoms with Crippen molar-refractivity contribution < 1.29 is 4.74 Å². The summed E-state index contributed by atoms with van der Waals surface area (Å²) in [6.07, 6.45) is 0.939. The number of halogens is 1. The van der Waals surface area contributed by atoms with Crippen LogP contribution in [0.15, 0.2) is 28.7 Å². The van der Waals surface area contributed by atoms with E-state index in [2.05, 4.69) is 45.8 Å². The number of H-pyrrole nitrogens is 1. The third-order valence-electron chi connectivity index (χ3n) is 3.60. The maximum Gasteiger partial charge on any atom is 0.144 e. The van der Waals surface area contributed by atoms with E-state index in [0.29, 0.717) is 17.2 Å². The van der Waals surface area contributed by atoms with Crippen molar-refractivity contribution in [3.8, 4) is 5.75 Å². The molecule has 2 aromatic rings. The van der Waals surface area contributed by atoms with Crippen LogP contribution in [0.2, 0.25) is 0 Å². The van der Waals surface area contributed by atoms with Crippen molar-refractivity contribution >= 4 is 28.1 Å². The smallest absolute Gasteiger partial charge is 0.144 e. The van der Waals surface area contributed by atoms with E-state index in [1.54, 1.807) is 0 Å². The van der Waals surface area contributed by atoms with Crippen LogP contribution in [0.4, 0.5) is 0 Å². The molecule has 1 aliphatic heterocycles. The quantitative estimate of drug-likeness (QED) is 0.807. The molecule has 0 aliphatic carbocycles. The zero-order valence-electron chi connectivity index (χ0n) is 12.0. The molecule has 0 bridgehead atoms. The van der Waals surface area contributed by atoms with Crippen LogP contribution < -0.4 is 4.74 Å².